The largest absolute Gasteiger partial charge is 0.493 e. The van der Waals surface area contributed by atoms with E-state index >= 15 is 0 Å². The SMILES string of the molecule is CCOC(=O)c1ccc(-n2nc(/C=C/c3ccc(OC)c(OC)c3)cc2/C=C/c2ccc(OC)c(OC)c2)cc1. The Bertz CT molecular complexity index is 1520. The molecule has 0 aliphatic carbocycles. The van der Waals surface area contributed by atoms with Crippen LogP contribution in [0.3, 0.4) is 0 Å². The fraction of sp³-hybridized carbons (Fsp3) is 0.188. The Morgan fingerprint density at radius 3 is 1.77 bits per heavy atom. The molecule has 0 unspecified atom stereocenters. The van der Waals surface area contributed by atoms with Gasteiger partial charge in [-0.15, -0.1) is 0 Å². The summed E-state index contributed by atoms with van der Waals surface area (Å²) >= 11 is 0. The number of esters is 1. The number of nitrogens with zero attached hydrogens (tertiary/aromatic N) is 2. The number of rotatable bonds is 11. The fourth-order valence-corrected chi connectivity index (χ4v) is 4.05. The van der Waals surface area contributed by atoms with Crippen molar-refractivity contribution in [1.82, 2.24) is 9.78 Å². The number of methoxy groups -OCH3 is 4. The average Bonchev–Trinajstić information content (AvgIpc) is 3.41. The van der Waals surface area contributed by atoms with Gasteiger partial charge >= 0.3 is 5.97 Å². The number of carbonyl (C=O) groups excluding carboxylic acids is 1. The number of hydrogen-bond donors (Lipinski definition) is 0. The van der Waals surface area contributed by atoms with Gasteiger partial charge in [0.2, 0.25) is 0 Å². The maximum absolute atomic E-state index is 12.1. The maximum atomic E-state index is 12.1. The lowest BCUT2D eigenvalue weighted by atomic mass is 10.1. The van der Waals surface area contributed by atoms with Crippen LogP contribution in [0, 0.1) is 0 Å². The smallest absolute Gasteiger partial charge is 0.338 e. The molecule has 8 nitrogen and oxygen atoms in total. The number of ether oxygens (including phenoxy) is 5. The Labute approximate surface area is 234 Å². The highest BCUT2D eigenvalue weighted by Gasteiger charge is 2.11. The second-order valence-electron chi connectivity index (χ2n) is 8.57. The van der Waals surface area contributed by atoms with E-state index in [1.165, 1.54) is 0 Å². The Morgan fingerprint density at radius 2 is 1.25 bits per heavy atom. The minimum absolute atomic E-state index is 0.320. The first-order valence-electron chi connectivity index (χ1n) is 12.7. The van der Waals surface area contributed by atoms with Crippen LogP contribution in [0.5, 0.6) is 23.0 Å². The van der Waals surface area contributed by atoms with Crippen molar-refractivity contribution in [3.63, 3.8) is 0 Å². The van der Waals surface area contributed by atoms with E-state index in [4.69, 9.17) is 28.8 Å². The normalized spacial score (nSPS) is 11.1. The van der Waals surface area contributed by atoms with E-state index in [1.807, 2.05) is 83.6 Å². The van der Waals surface area contributed by atoms with Crippen molar-refractivity contribution in [2.45, 2.75) is 6.92 Å². The van der Waals surface area contributed by atoms with Crippen LogP contribution in [0.1, 0.15) is 39.8 Å². The van der Waals surface area contributed by atoms with Gasteiger partial charge in [-0.2, -0.15) is 5.10 Å². The molecule has 4 aromatic rings. The molecule has 0 radical (unpaired) electrons. The average molecular weight is 541 g/mol. The van der Waals surface area contributed by atoms with Crippen LogP contribution in [0.25, 0.3) is 30.0 Å². The van der Waals surface area contributed by atoms with Gasteiger partial charge in [-0.1, -0.05) is 24.3 Å². The molecule has 4 rings (SSSR count). The van der Waals surface area contributed by atoms with Crippen LogP contribution in [0.4, 0.5) is 0 Å². The van der Waals surface area contributed by atoms with Crippen LogP contribution in [-0.4, -0.2) is 50.8 Å². The van der Waals surface area contributed by atoms with Crippen molar-refractivity contribution in [3.05, 3.63) is 94.8 Å². The van der Waals surface area contributed by atoms with Gasteiger partial charge in [0, 0.05) is 0 Å². The molecule has 1 heterocycles. The van der Waals surface area contributed by atoms with E-state index in [0.717, 1.165) is 28.2 Å². The Morgan fingerprint density at radius 1 is 0.700 bits per heavy atom. The van der Waals surface area contributed by atoms with Crippen molar-refractivity contribution in [2.75, 3.05) is 35.0 Å². The standard InChI is InChI=1S/C32H32N2O6/c1-6-40-32(35)24-11-15-26(16-12-24)34-27(14-8-23-10-18-29(37-3)31(20-23)39-5)21-25(33-34)13-7-22-9-17-28(36-2)30(19-22)38-4/h7-21H,6H2,1-5H3/b13-7+,14-8+. The quantitative estimate of drug-likeness (QED) is 0.203. The van der Waals surface area contributed by atoms with Gasteiger partial charge in [-0.05, 0) is 84.8 Å². The zero-order valence-electron chi connectivity index (χ0n) is 23.2. The summed E-state index contributed by atoms with van der Waals surface area (Å²) in [6.45, 7) is 2.10. The molecule has 0 amide bonds. The van der Waals surface area contributed by atoms with Gasteiger partial charge in [0.15, 0.2) is 23.0 Å². The van der Waals surface area contributed by atoms with Crippen LogP contribution in [0.2, 0.25) is 0 Å². The first kappa shape index (κ1) is 28.0. The molecule has 0 atom stereocenters. The second kappa shape index (κ2) is 13.2. The van der Waals surface area contributed by atoms with Crippen LogP contribution < -0.4 is 18.9 Å². The van der Waals surface area contributed by atoms with Crippen molar-refractivity contribution in [3.8, 4) is 28.7 Å². The lowest BCUT2D eigenvalue weighted by Gasteiger charge is -2.08. The Kier molecular flexibility index (Phi) is 9.25. The van der Waals surface area contributed by atoms with E-state index in [-0.39, 0.29) is 5.97 Å². The van der Waals surface area contributed by atoms with Gasteiger partial charge in [0.25, 0.3) is 0 Å². The third kappa shape index (κ3) is 6.53. The summed E-state index contributed by atoms with van der Waals surface area (Å²) in [5, 5.41) is 4.82. The predicted molar refractivity (Wildman–Crippen MR) is 156 cm³/mol. The van der Waals surface area contributed by atoms with Gasteiger partial charge in [-0.25, -0.2) is 9.48 Å². The molecule has 0 saturated carbocycles. The molecule has 0 aliphatic rings. The van der Waals surface area contributed by atoms with Crippen molar-refractivity contribution < 1.29 is 28.5 Å². The van der Waals surface area contributed by atoms with E-state index in [1.54, 1.807) is 47.5 Å². The zero-order chi connectivity index (χ0) is 28.5. The van der Waals surface area contributed by atoms with E-state index in [9.17, 15) is 4.79 Å². The molecule has 1 aromatic heterocycles. The number of hydrogen-bond acceptors (Lipinski definition) is 7. The topological polar surface area (TPSA) is 81.0 Å². The summed E-state index contributed by atoms with van der Waals surface area (Å²) in [4.78, 5) is 12.1. The van der Waals surface area contributed by atoms with E-state index in [2.05, 4.69) is 0 Å². The molecular formula is C32H32N2O6. The summed E-state index contributed by atoms with van der Waals surface area (Å²) in [5.74, 6) is 2.26. The van der Waals surface area contributed by atoms with Crippen molar-refractivity contribution in [2.24, 2.45) is 0 Å². The van der Waals surface area contributed by atoms with Gasteiger partial charge in [0.05, 0.1) is 57.7 Å². The summed E-state index contributed by atoms with van der Waals surface area (Å²) in [7, 11) is 6.43. The monoisotopic (exact) mass is 540 g/mol. The molecule has 206 valence electrons. The molecule has 0 fully saturated rings. The molecular weight excluding hydrogens is 508 g/mol. The highest BCUT2D eigenvalue weighted by Crippen LogP contribution is 2.30. The number of carbonyl (C=O) groups is 1. The summed E-state index contributed by atoms with van der Waals surface area (Å²) < 4.78 is 28.5. The Balaban J connectivity index is 1.69. The zero-order valence-corrected chi connectivity index (χ0v) is 23.2. The van der Waals surface area contributed by atoms with E-state index < -0.39 is 0 Å². The maximum Gasteiger partial charge on any atom is 0.338 e. The van der Waals surface area contributed by atoms with Crippen LogP contribution in [0.15, 0.2) is 66.7 Å². The lowest BCUT2D eigenvalue weighted by molar-refractivity contribution is 0.0526. The molecule has 0 aliphatic heterocycles. The number of benzene rings is 3. The van der Waals surface area contributed by atoms with Crippen molar-refractivity contribution >= 4 is 30.3 Å². The van der Waals surface area contributed by atoms with Crippen LogP contribution in [-0.2, 0) is 4.74 Å². The van der Waals surface area contributed by atoms with Gasteiger partial charge < -0.3 is 23.7 Å². The third-order valence-corrected chi connectivity index (χ3v) is 6.09. The Hall–Kier alpha value is -4.98. The second-order valence-corrected chi connectivity index (χ2v) is 8.57. The highest BCUT2D eigenvalue weighted by molar-refractivity contribution is 5.89. The third-order valence-electron chi connectivity index (χ3n) is 6.09. The molecule has 8 heteroatoms. The first-order valence-corrected chi connectivity index (χ1v) is 12.7. The molecule has 0 saturated heterocycles. The minimum Gasteiger partial charge on any atom is -0.493 e. The van der Waals surface area contributed by atoms with Gasteiger partial charge in [0.1, 0.15) is 0 Å². The van der Waals surface area contributed by atoms with E-state index in [0.29, 0.717) is 35.2 Å². The predicted octanol–water partition coefficient (Wildman–Crippen LogP) is 6.42. The van der Waals surface area contributed by atoms with Gasteiger partial charge in [-0.3, -0.25) is 0 Å². The molecule has 40 heavy (non-hydrogen) atoms. The summed E-state index contributed by atoms with van der Waals surface area (Å²) in [5.41, 5.74) is 4.74. The highest BCUT2D eigenvalue weighted by atomic mass is 16.5. The molecule has 3 aromatic carbocycles. The lowest BCUT2D eigenvalue weighted by Crippen LogP contribution is -2.05. The first-order chi connectivity index (χ1) is 19.5. The molecule has 0 bridgehead atoms. The summed E-state index contributed by atoms with van der Waals surface area (Å²) in [6.07, 6.45) is 7.84. The molecule has 0 N–H and O–H groups in total. The molecule has 0 spiro atoms. The minimum atomic E-state index is -0.360. The van der Waals surface area contributed by atoms with Crippen molar-refractivity contribution in [1.29, 1.82) is 0 Å². The van der Waals surface area contributed by atoms with Crippen LogP contribution >= 0.6 is 0 Å². The number of aromatic nitrogens is 2. The fourth-order valence-electron chi connectivity index (χ4n) is 4.05. The summed E-state index contributed by atoms with van der Waals surface area (Å²) in [6, 6.07) is 20.6.